The molecule has 2 heterocycles. The van der Waals surface area contributed by atoms with Crippen LogP contribution in [0.4, 0.5) is 22.0 Å². The van der Waals surface area contributed by atoms with Gasteiger partial charge in [-0.1, -0.05) is 11.2 Å². The van der Waals surface area contributed by atoms with Gasteiger partial charge in [0, 0.05) is 29.8 Å². The van der Waals surface area contributed by atoms with Crippen molar-refractivity contribution in [2.24, 2.45) is 0 Å². The van der Waals surface area contributed by atoms with Crippen molar-refractivity contribution in [3.05, 3.63) is 89.5 Å². The van der Waals surface area contributed by atoms with Gasteiger partial charge in [0.2, 0.25) is 0 Å². The van der Waals surface area contributed by atoms with E-state index in [1.54, 1.807) is 0 Å². The van der Waals surface area contributed by atoms with Crippen molar-refractivity contribution < 1.29 is 36.3 Å². The number of nitrogens with zero attached hydrogens (tertiary/aromatic N) is 4. The van der Waals surface area contributed by atoms with E-state index in [-0.39, 0.29) is 30.2 Å². The van der Waals surface area contributed by atoms with Gasteiger partial charge in [0.15, 0.2) is 5.76 Å². The maximum atomic E-state index is 14.6. The molecular formula is C22H17F5N4O3. The second kappa shape index (κ2) is 9.31. The number of aliphatic hydroxyl groups is 1. The van der Waals surface area contributed by atoms with Crippen LogP contribution in [0.3, 0.4) is 0 Å². The van der Waals surface area contributed by atoms with Crippen molar-refractivity contribution in [1.82, 2.24) is 19.9 Å². The minimum absolute atomic E-state index is 0.0210. The quantitative estimate of drug-likeness (QED) is 0.382. The Morgan fingerprint density at radius 2 is 1.74 bits per heavy atom. The van der Waals surface area contributed by atoms with E-state index in [0.717, 1.165) is 12.1 Å². The summed E-state index contributed by atoms with van der Waals surface area (Å²) in [5.41, 5.74) is -3.08. The first-order chi connectivity index (χ1) is 16.2. The normalized spacial score (nSPS) is 14.2. The first-order valence-corrected chi connectivity index (χ1v) is 9.90. The third-order valence-electron chi connectivity index (χ3n) is 5.24. The summed E-state index contributed by atoms with van der Waals surface area (Å²) in [5, 5.41) is 18.9. The zero-order valence-corrected chi connectivity index (χ0v) is 17.6. The van der Waals surface area contributed by atoms with Crippen LogP contribution in [0, 0.1) is 29.1 Å². The minimum Gasteiger partial charge on any atom is -0.380 e. The molecule has 0 aliphatic rings. The average molecular weight is 480 g/mol. The van der Waals surface area contributed by atoms with Crippen molar-refractivity contribution in [3.63, 3.8) is 0 Å². The molecule has 7 nitrogen and oxygen atoms in total. The lowest BCUT2D eigenvalue weighted by molar-refractivity contribution is -0.126. The van der Waals surface area contributed by atoms with E-state index in [1.165, 1.54) is 30.3 Å². The molecule has 2 aromatic heterocycles. The Morgan fingerprint density at radius 3 is 2.38 bits per heavy atom. The summed E-state index contributed by atoms with van der Waals surface area (Å²) in [6.07, 6.45) is 1.40. The van der Waals surface area contributed by atoms with Crippen LogP contribution in [0.2, 0.25) is 0 Å². The highest BCUT2D eigenvalue weighted by Gasteiger charge is 2.40. The van der Waals surface area contributed by atoms with Crippen molar-refractivity contribution in [1.29, 1.82) is 0 Å². The largest absolute Gasteiger partial charge is 0.380 e. The van der Waals surface area contributed by atoms with E-state index >= 15 is 0 Å². The van der Waals surface area contributed by atoms with Crippen LogP contribution >= 0.6 is 0 Å². The number of hydrogen-bond donors (Lipinski definition) is 1. The highest BCUT2D eigenvalue weighted by Crippen LogP contribution is 2.33. The number of benzene rings is 2. The Labute approximate surface area is 189 Å². The van der Waals surface area contributed by atoms with E-state index in [9.17, 15) is 27.1 Å². The van der Waals surface area contributed by atoms with E-state index < -0.39 is 46.4 Å². The van der Waals surface area contributed by atoms with Crippen LogP contribution in [-0.2, 0) is 23.5 Å². The van der Waals surface area contributed by atoms with Gasteiger partial charge in [-0.3, -0.25) is 0 Å². The molecule has 4 aromatic rings. The third kappa shape index (κ3) is 4.68. The molecule has 0 bridgehead atoms. The fourth-order valence-electron chi connectivity index (χ4n) is 3.47. The predicted octanol–water partition coefficient (Wildman–Crippen LogP) is 4.12. The molecule has 0 amide bonds. The van der Waals surface area contributed by atoms with Crippen LogP contribution in [0.25, 0.3) is 11.3 Å². The van der Waals surface area contributed by atoms with Gasteiger partial charge in [-0.15, -0.1) is 0 Å². The lowest BCUT2D eigenvalue weighted by Crippen LogP contribution is -2.44. The number of halogens is 5. The first kappa shape index (κ1) is 23.5. The molecule has 12 heteroatoms. The molecule has 0 aliphatic carbocycles. The zero-order chi connectivity index (χ0) is 24.5. The van der Waals surface area contributed by atoms with Gasteiger partial charge in [0.05, 0.1) is 18.2 Å². The van der Waals surface area contributed by atoms with E-state index in [4.69, 9.17) is 9.26 Å². The van der Waals surface area contributed by atoms with E-state index in [0.29, 0.717) is 18.2 Å². The predicted molar refractivity (Wildman–Crippen MR) is 106 cm³/mol. The minimum atomic E-state index is -2.02. The summed E-state index contributed by atoms with van der Waals surface area (Å²) in [6, 6.07) is 4.91. The van der Waals surface area contributed by atoms with Gasteiger partial charge < -0.3 is 14.4 Å². The monoisotopic (exact) mass is 480 g/mol. The smallest absolute Gasteiger partial charge is 0.163 e. The summed E-state index contributed by atoms with van der Waals surface area (Å²) in [6.45, 7) is 0.821. The molecule has 0 aliphatic heterocycles. The summed E-state index contributed by atoms with van der Waals surface area (Å²) >= 11 is 0. The Morgan fingerprint density at radius 1 is 1.03 bits per heavy atom. The fraction of sp³-hybridized carbons (Fsp3) is 0.227. The van der Waals surface area contributed by atoms with Crippen LogP contribution < -0.4 is 0 Å². The molecule has 2 atom stereocenters. The molecule has 34 heavy (non-hydrogen) atoms. The van der Waals surface area contributed by atoms with Crippen LogP contribution in [-0.4, -0.2) is 31.1 Å². The van der Waals surface area contributed by atoms with Gasteiger partial charge in [0.1, 0.15) is 59.6 Å². The summed E-state index contributed by atoms with van der Waals surface area (Å²) in [4.78, 5) is 3.78. The second-order valence-electron chi connectivity index (χ2n) is 7.52. The topological polar surface area (TPSA) is 86.2 Å². The summed E-state index contributed by atoms with van der Waals surface area (Å²) in [5.74, 6) is -5.22. The summed E-state index contributed by atoms with van der Waals surface area (Å²) < 4.78 is 81.1. The highest BCUT2D eigenvalue weighted by atomic mass is 19.2. The molecule has 2 aromatic carbocycles. The molecule has 1 N–H and O–H groups in total. The van der Waals surface area contributed by atoms with Gasteiger partial charge >= 0.3 is 0 Å². The second-order valence-corrected chi connectivity index (χ2v) is 7.52. The molecule has 0 saturated carbocycles. The number of aromatic nitrogens is 4. The Bertz CT molecular complexity index is 1270. The van der Waals surface area contributed by atoms with E-state index in [2.05, 4.69) is 15.2 Å². The van der Waals surface area contributed by atoms with Crippen LogP contribution in [0.15, 0.2) is 53.6 Å². The molecule has 178 valence electrons. The van der Waals surface area contributed by atoms with Crippen LogP contribution in [0.1, 0.15) is 18.2 Å². The maximum Gasteiger partial charge on any atom is 0.163 e. The Balaban J connectivity index is 1.57. The third-order valence-corrected chi connectivity index (χ3v) is 5.24. The molecule has 0 radical (unpaired) electrons. The number of rotatable bonds is 8. The summed E-state index contributed by atoms with van der Waals surface area (Å²) in [7, 11) is 0. The Hall–Kier alpha value is -3.64. The lowest BCUT2D eigenvalue weighted by Gasteiger charge is -2.34. The number of ether oxygens (including phenoxy) is 1. The lowest BCUT2D eigenvalue weighted by atomic mass is 9.88. The molecule has 0 saturated heterocycles. The fourth-order valence-corrected chi connectivity index (χ4v) is 3.47. The molecule has 0 fully saturated rings. The first-order valence-electron chi connectivity index (χ1n) is 9.90. The van der Waals surface area contributed by atoms with Crippen molar-refractivity contribution in [3.8, 4) is 11.3 Å². The maximum absolute atomic E-state index is 14.6. The van der Waals surface area contributed by atoms with Gasteiger partial charge in [-0.05, 0) is 13.0 Å². The molecular weight excluding hydrogens is 463 g/mol. The van der Waals surface area contributed by atoms with Crippen molar-refractivity contribution >= 4 is 0 Å². The van der Waals surface area contributed by atoms with Crippen molar-refractivity contribution in [2.75, 3.05) is 0 Å². The standard InChI is InChI=1S/C22H17F5N4O3/c1-12(22(32,9-31-11-28-10-29-31)16-3-2-13(23)4-17(16)25)33-8-15-7-20(30-34-15)21-18(26)5-14(24)6-19(21)27/h2-7,10-12,32H,8-9H2,1H3/t12-,22-/m1/s1. The molecule has 4 rings (SSSR count). The molecule has 0 unspecified atom stereocenters. The van der Waals surface area contributed by atoms with Gasteiger partial charge in [-0.2, -0.15) is 5.10 Å². The van der Waals surface area contributed by atoms with E-state index in [1.807, 2.05) is 0 Å². The SMILES string of the molecule is C[C@@H](OCc1cc(-c2c(F)cc(F)cc2F)no1)[C@](O)(Cn1cncn1)c1ccc(F)cc1F. The number of hydrogen-bond acceptors (Lipinski definition) is 6. The Kier molecular flexibility index (Phi) is 6.44. The van der Waals surface area contributed by atoms with Gasteiger partial charge in [0.25, 0.3) is 0 Å². The zero-order valence-electron chi connectivity index (χ0n) is 17.6. The van der Waals surface area contributed by atoms with Crippen molar-refractivity contribution in [2.45, 2.75) is 31.8 Å². The van der Waals surface area contributed by atoms with Gasteiger partial charge in [-0.25, -0.2) is 31.6 Å². The average Bonchev–Trinajstić information content (AvgIpc) is 3.43. The molecule has 0 spiro atoms. The highest BCUT2D eigenvalue weighted by molar-refractivity contribution is 5.60. The van der Waals surface area contributed by atoms with Crippen LogP contribution in [0.5, 0.6) is 0 Å².